The zero-order valence-corrected chi connectivity index (χ0v) is 11.4. The fraction of sp³-hybridized carbons (Fsp3) is 0.400. The van der Waals surface area contributed by atoms with Crippen molar-refractivity contribution in [3.05, 3.63) is 24.1 Å². The number of H-pyrrole nitrogens is 1. The summed E-state index contributed by atoms with van der Waals surface area (Å²) in [5.74, 6) is -0.774. The maximum atomic E-state index is 13.3. The van der Waals surface area contributed by atoms with E-state index >= 15 is 0 Å². The highest BCUT2D eigenvalue weighted by atomic mass is 19.1. The molecule has 0 bridgehead atoms. The van der Waals surface area contributed by atoms with Crippen molar-refractivity contribution in [3.8, 4) is 6.07 Å². The summed E-state index contributed by atoms with van der Waals surface area (Å²) in [6, 6.07) is 6.96. The second-order valence-electron chi connectivity index (χ2n) is 5.48. The van der Waals surface area contributed by atoms with Crippen molar-refractivity contribution in [2.75, 3.05) is 5.32 Å². The predicted octanol–water partition coefficient (Wildman–Crippen LogP) is 3.11. The minimum atomic E-state index is -0.940. The number of fused-ring (bicyclic) bond motifs is 1. The van der Waals surface area contributed by atoms with Crippen molar-refractivity contribution in [2.45, 2.75) is 32.1 Å². The van der Waals surface area contributed by atoms with Crippen molar-refractivity contribution in [3.63, 3.8) is 0 Å². The molecule has 1 aromatic heterocycles. The second kappa shape index (κ2) is 5.17. The van der Waals surface area contributed by atoms with Gasteiger partial charge in [-0.1, -0.05) is 19.3 Å². The number of nitrogens with zero attached hydrogens (tertiary/aromatic N) is 2. The highest BCUT2D eigenvalue weighted by Gasteiger charge is 2.39. The van der Waals surface area contributed by atoms with Gasteiger partial charge in [-0.2, -0.15) is 14.8 Å². The van der Waals surface area contributed by atoms with E-state index in [0.717, 1.165) is 19.3 Å². The van der Waals surface area contributed by atoms with Crippen LogP contribution in [0.25, 0.3) is 10.9 Å². The molecule has 2 N–H and O–H groups in total. The van der Waals surface area contributed by atoms with Gasteiger partial charge in [0, 0.05) is 5.69 Å². The van der Waals surface area contributed by atoms with Gasteiger partial charge in [-0.3, -0.25) is 9.89 Å². The van der Waals surface area contributed by atoms with E-state index in [1.165, 1.54) is 0 Å². The van der Waals surface area contributed by atoms with Crippen LogP contribution in [0.15, 0.2) is 18.2 Å². The first-order valence-electron chi connectivity index (χ1n) is 7.01. The van der Waals surface area contributed by atoms with Crippen LogP contribution < -0.4 is 5.32 Å². The summed E-state index contributed by atoms with van der Waals surface area (Å²) >= 11 is 0. The third-order valence-corrected chi connectivity index (χ3v) is 4.12. The Kier molecular flexibility index (Phi) is 3.34. The Morgan fingerprint density at radius 1 is 1.38 bits per heavy atom. The van der Waals surface area contributed by atoms with E-state index in [2.05, 4.69) is 21.6 Å². The standard InChI is InChI=1S/C15H15FN4O/c16-13-11-5-4-10(8-12(11)19-20-13)18-14(21)15(9-17)6-2-1-3-7-15/h4-5,8H,1-3,6-7H2,(H,18,21)(H,19,20). The number of anilines is 1. The largest absolute Gasteiger partial charge is 0.325 e. The van der Waals surface area contributed by atoms with E-state index in [1.54, 1.807) is 18.2 Å². The third kappa shape index (κ3) is 2.35. The molecule has 1 aliphatic rings. The van der Waals surface area contributed by atoms with Crippen LogP contribution in [0.2, 0.25) is 0 Å². The number of nitrogens with one attached hydrogen (secondary N) is 2. The maximum Gasteiger partial charge on any atom is 0.244 e. The number of rotatable bonds is 2. The molecule has 1 amide bonds. The van der Waals surface area contributed by atoms with Gasteiger partial charge >= 0.3 is 0 Å². The monoisotopic (exact) mass is 286 g/mol. The number of hydrogen-bond acceptors (Lipinski definition) is 3. The summed E-state index contributed by atoms with van der Waals surface area (Å²) < 4.78 is 13.3. The molecule has 1 heterocycles. The lowest BCUT2D eigenvalue weighted by Gasteiger charge is -2.29. The summed E-state index contributed by atoms with van der Waals surface area (Å²) in [6.07, 6.45) is 4.04. The fourth-order valence-corrected chi connectivity index (χ4v) is 2.85. The number of carbonyl (C=O) groups is 1. The maximum absolute atomic E-state index is 13.3. The second-order valence-corrected chi connectivity index (χ2v) is 5.48. The van der Waals surface area contributed by atoms with Crippen molar-refractivity contribution in [1.29, 1.82) is 5.26 Å². The Labute approximate surface area is 121 Å². The van der Waals surface area contributed by atoms with Gasteiger partial charge in [0.2, 0.25) is 11.9 Å². The quantitative estimate of drug-likeness (QED) is 0.890. The molecule has 0 spiro atoms. The number of benzene rings is 1. The molecule has 0 saturated heterocycles. The lowest BCUT2D eigenvalue weighted by atomic mass is 9.74. The van der Waals surface area contributed by atoms with Crippen molar-refractivity contribution >= 4 is 22.5 Å². The Hall–Kier alpha value is -2.42. The first-order valence-corrected chi connectivity index (χ1v) is 7.01. The Morgan fingerprint density at radius 3 is 2.86 bits per heavy atom. The smallest absolute Gasteiger partial charge is 0.244 e. The third-order valence-electron chi connectivity index (χ3n) is 4.12. The van der Waals surface area contributed by atoms with Crippen LogP contribution in [0.1, 0.15) is 32.1 Å². The highest BCUT2D eigenvalue weighted by molar-refractivity contribution is 5.98. The van der Waals surface area contributed by atoms with Crippen LogP contribution in [-0.2, 0) is 4.79 Å². The number of aromatic nitrogens is 2. The van der Waals surface area contributed by atoms with Gasteiger partial charge in [0.25, 0.3) is 0 Å². The molecule has 6 heteroatoms. The molecule has 1 saturated carbocycles. The molecule has 1 fully saturated rings. The first kappa shape index (κ1) is 13.6. The van der Waals surface area contributed by atoms with Gasteiger partial charge in [-0.15, -0.1) is 0 Å². The van der Waals surface area contributed by atoms with Crippen molar-refractivity contribution in [2.24, 2.45) is 5.41 Å². The summed E-state index contributed by atoms with van der Waals surface area (Å²) in [4.78, 5) is 12.4. The SMILES string of the molecule is N#CC1(C(=O)Nc2ccc3c(F)[nH]nc3c2)CCCCC1. The summed E-state index contributed by atoms with van der Waals surface area (Å²) in [7, 11) is 0. The van der Waals surface area contributed by atoms with Crippen LogP contribution in [0.3, 0.4) is 0 Å². The summed E-state index contributed by atoms with van der Waals surface area (Å²) in [5.41, 5.74) is 0.0310. The van der Waals surface area contributed by atoms with Crippen LogP contribution in [0.5, 0.6) is 0 Å². The van der Waals surface area contributed by atoms with Gasteiger partial charge in [0.05, 0.1) is 17.0 Å². The lowest BCUT2D eigenvalue weighted by Crippen LogP contribution is -2.36. The first-order chi connectivity index (χ1) is 10.1. The molecule has 0 radical (unpaired) electrons. The number of amides is 1. The Balaban J connectivity index is 1.83. The van der Waals surface area contributed by atoms with Crippen molar-refractivity contribution in [1.82, 2.24) is 10.2 Å². The van der Waals surface area contributed by atoms with Gasteiger partial charge in [-0.05, 0) is 31.0 Å². The topological polar surface area (TPSA) is 81.6 Å². The number of carbonyl (C=O) groups excluding carboxylic acids is 1. The van der Waals surface area contributed by atoms with E-state index in [4.69, 9.17) is 0 Å². The minimum Gasteiger partial charge on any atom is -0.325 e. The molecule has 0 aliphatic heterocycles. The van der Waals surface area contributed by atoms with Gasteiger partial charge < -0.3 is 5.32 Å². The van der Waals surface area contributed by atoms with Crippen LogP contribution >= 0.6 is 0 Å². The number of aromatic amines is 1. The lowest BCUT2D eigenvalue weighted by molar-refractivity contribution is -0.124. The van der Waals surface area contributed by atoms with Crippen molar-refractivity contribution < 1.29 is 9.18 Å². The summed E-state index contributed by atoms with van der Waals surface area (Å²) in [5, 5.41) is 18.6. The number of hydrogen-bond donors (Lipinski definition) is 2. The normalized spacial score (nSPS) is 17.3. The Morgan fingerprint density at radius 2 is 2.14 bits per heavy atom. The fourth-order valence-electron chi connectivity index (χ4n) is 2.85. The van der Waals surface area contributed by atoms with E-state index in [9.17, 15) is 14.4 Å². The average Bonchev–Trinajstić information content (AvgIpc) is 2.89. The number of halogens is 1. The molecule has 0 unspecified atom stereocenters. The molecule has 3 rings (SSSR count). The zero-order valence-electron chi connectivity index (χ0n) is 11.4. The summed E-state index contributed by atoms with van der Waals surface area (Å²) in [6.45, 7) is 0. The van der Waals surface area contributed by atoms with Gasteiger partial charge in [-0.25, -0.2) is 0 Å². The molecule has 108 valence electrons. The molecule has 5 nitrogen and oxygen atoms in total. The van der Waals surface area contributed by atoms with Crippen LogP contribution in [-0.4, -0.2) is 16.1 Å². The molecule has 2 aromatic rings. The molecule has 1 aromatic carbocycles. The predicted molar refractivity (Wildman–Crippen MR) is 75.8 cm³/mol. The van der Waals surface area contributed by atoms with E-state index in [1.807, 2.05) is 0 Å². The molecular weight excluding hydrogens is 271 g/mol. The van der Waals surface area contributed by atoms with Gasteiger partial charge in [0.1, 0.15) is 5.41 Å². The molecule has 21 heavy (non-hydrogen) atoms. The molecular formula is C15H15FN4O. The van der Waals surface area contributed by atoms with Crippen LogP contribution in [0, 0.1) is 22.7 Å². The highest BCUT2D eigenvalue weighted by Crippen LogP contribution is 2.36. The molecule has 1 aliphatic carbocycles. The minimum absolute atomic E-state index is 0.278. The van der Waals surface area contributed by atoms with E-state index in [0.29, 0.717) is 29.4 Å². The Bertz CT molecular complexity index is 725. The average molecular weight is 286 g/mol. The zero-order chi connectivity index (χ0) is 14.9. The van der Waals surface area contributed by atoms with Gasteiger partial charge in [0.15, 0.2) is 0 Å². The number of nitriles is 1. The van der Waals surface area contributed by atoms with Crippen LogP contribution in [0.4, 0.5) is 10.1 Å². The van der Waals surface area contributed by atoms with E-state index in [-0.39, 0.29) is 5.91 Å². The molecule has 0 atom stereocenters. The van der Waals surface area contributed by atoms with E-state index < -0.39 is 11.4 Å².